The summed E-state index contributed by atoms with van der Waals surface area (Å²) in [6.07, 6.45) is 1.99. The van der Waals surface area contributed by atoms with Crippen LogP contribution in [0.3, 0.4) is 0 Å². The largest absolute Gasteiger partial charge is 0.395 e. The minimum absolute atomic E-state index is 0.276. The molecule has 4 aromatic rings. The van der Waals surface area contributed by atoms with Crippen molar-refractivity contribution < 1.29 is 9.50 Å². The van der Waals surface area contributed by atoms with Crippen molar-refractivity contribution in [2.75, 3.05) is 6.61 Å². The number of imidazole rings is 1. The second kappa shape index (κ2) is 8.94. The number of aromatic nitrogens is 2. The third kappa shape index (κ3) is 3.59. The average molecular weight is 465 g/mol. The molecule has 0 spiro atoms. The zero-order chi connectivity index (χ0) is 21.0. The minimum Gasteiger partial charge on any atom is -0.395 e. The number of nitrogens with zero attached hydrogens (tertiary/aromatic N) is 2. The lowest BCUT2D eigenvalue weighted by Gasteiger charge is -2.37. The number of alkyl halides is 2. The van der Waals surface area contributed by atoms with Crippen molar-refractivity contribution in [3.05, 3.63) is 126 Å². The lowest BCUT2D eigenvalue weighted by Crippen LogP contribution is -2.37. The van der Waals surface area contributed by atoms with E-state index in [1.54, 1.807) is 12.5 Å². The Hall–Kier alpha value is -2.76. The standard InChI is InChI=1S/C25H22BrFN2O/c26-22(17-30)24(27)23-16-29(18-28-23)25(19-10-4-1-5-11-19,20-12-6-2-7-13-20)21-14-8-3-9-15-21/h1-16,18,22,24,30H,17H2/t22-,24+/m1/s1. The van der Waals surface area contributed by atoms with Crippen LogP contribution in [0, 0.1) is 0 Å². The first-order valence-electron chi connectivity index (χ1n) is 9.78. The van der Waals surface area contributed by atoms with Crippen LogP contribution in [0.25, 0.3) is 0 Å². The van der Waals surface area contributed by atoms with E-state index < -0.39 is 16.5 Å². The Morgan fingerprint density at radius 2 is 1.27 bits per heavy atom. The molecular formula is C25H22BrFN2O. The molecule has 152 valence electrons. The van der Waals surface area contributed by atoms with Gasteiger partial charge in [-0.15, -0.1) is 0 Å². The van der Waals surface area contributed by atoms with Crippen LogP contribution in [0.2, 0.25) is 0 Å². The van der Waals surface area contributed by atoms with Gasteiger partial charge in [0.1, 0.15) is 5.54 Å². The highest BCUT2D eigenvalue weighted by atomic mass is 79.9. The third-order valence-electron chi connectivity index (χ3n) is 5.34. The maximum atomic E-state index is 14.9. The highest BCUT2D eigenvalue weighted by Crippen LogP contribution is 2.41. The first-order chi connectivity index (χ1) is 14.7. The molecule has 1 aromatic heterocycles. The van der Waals surface area contributed by atoms with Crippen LogP contribution < -0.4 is 0 Å². The molecule has 1 heterocycles. The molecule has 3 aromatic carbocycles. The maximum Gasteiger partial charge on any atom is 0.158 e. The smallest absolute Gasteiger partial charge is 0.158 e. The Balaban J connectivity index is 2.00. The molecule has 2 atom stereocenters. The lowest BCUT2D eigenvalue weighted by atomic mass is 9.77. The van der Waals surface area contributed by atoms with Crippen molar-refractivity contribution in [2.45, 2.75) is 16.5 Å². The molecule has 0 aliphatic heterocycles. The fourth-order valence-electron chi connectivity index (χ4n) is 3.93. The molecule has 30 heavy (non-hydrogen) atoms. The summed E-state index contributed by atoms with van der Waals surface area (Å²) in [7, 11) is 0. The van der Waals surface area contributed by atoms with Gasteiger partial charge in [-0.1, -0.05) is 107 Å². The second-order valence-electron chi connectivity index (χ2n) is 7.11. The fourth-order valence-corrected chi connectivity index (χ4v) is 4.20. The van der Waals surface area contributed by atoms with Gasteiger partial charge >= 0.3 is 0 Å². The van der Waals surface area contributed by atoms with Gasteiger partial charge in [-0.05, 0) is 16.7 Å². The molecule has 0 bridgehead atoms. The Bertz CT molecular complexity index is 973. The van der Waals surface area contributed by atoms with Crippen LogP contribution in [0.4, 0.5) is 4.39 Å². The summed E-state index contributed by atoms with van der Waals surface area (Å²) in [4.78, 5) is 3.67. The van der Waals surface area contributed by atoms with Gasteiger partial charge in [0.25, 0.3) is 0 Å². The maximum absolute atomic E-state index is 14.9. The first-order valence-corrected chi connectivity index (χ1v) is 10.7. The zero-order valence-corrected chi connectivity index (χ0v) is 17.9. The molecule has 0 aliphatic carbocycles. The van der Waals surface area contributed by atoms with Crippen LogP contribution in [0.15, 0.2) is 104 Å². The van der Waals surface area contributed by atoms with Crippen molar-refractivity contribution in [1.82, 2.24) is 9.55 Å². The van der Waals surface area contributed by atoms with Crippen LogP contribution >= 0.6 is 15.9 Å². The highest BCUT2D eigenvalue weighted by Gasteiger charge is 2.39. The summed E-state index contributed by atoms with van der Waals surface area (Å²) in [6.45, 7) is -0.310. The van der Waals surface area contributed by atoms with Gasteiger partial charge in [0.15, 0.2) is 6.17 Å². The van der Waals surface area contributed by atoms with E-state index in [1.165, 1.54) is 0 Å². The number of aliphatic hydroxyl groups excluding tert-OH is 1. The normalized spacial score (nSPS) is 13.7. The molecule has 0 amide bonds. The Labute approximate surface area is 184 Å². The van der Waals surface area contributed by atoms with Crippen molar-refractivity contribution in [3.8, 4) is 0 Å². The molecule has 0 unspecified atom stereocenters. The molecule has 4 rings (SSSR count). The van der Waals surface area contributed by atoms with Gasteiger partial charge in [0.05, 0.1) is 23.5 Å². The summed E-state index contributed by atoms with van der Waals surface area (Å²) in [5, 5.41) is 9.35. The summed E-state index contributed by atoms with van der Waals surface area (Å²) in [5.74, 6) is 0. The van der Waals surface area contributed by atoms with E-state index in [2.05, 4.69) is 57.3 Å². The third-order valence-corrected chi connectivity index (χ3v) is 6.09. The Morgan fingerprint density at radius 1 is 0.833 bits per heavy atom. The monoisotopic (exact) mass is 464 g/mol. The van der Waals surface area contributed by atoms with E-state index >= 15 is 0 Å². The molecule has 5 heteroatoms. The number of hydrogen-bond acceptors (Lipinski definition) is 2. The minimum atomic E-state index is -1.42. The van der Waals surface area contributed by atoms with Crippen molar-refractivity contribution in [2.24, 2.45) is 0 Å². The quantitative estimate of drug-likeness (QED) is 0.290. The number of hydrogen-bond donors (Lipinski definition) is 1. The average Bonchev–Trinajstić information content (AvgIpc) is 3.31. The SMILES string of the molecule is OC[C@@H](Br)[C@H](F)c1cn(C(c2ccccc2)(c2ccccc2)c2ccccc2)cn1. The number of rotatable bonds is 7. The van der Waals surface area contributed by atoms with E-state index in [-0.39, 0.29) is 12.3 Å². The van der Waals surface area contributed by atoms with Crippen molar-refractivity contribution >= 4 is 15.9 Å². The molecule has 0 saturated heterocycles. The van der Waals surface area contributed by atoms with Crippen molar-refractivity contribution in [1.29, 1.82) is 0 Å². The number of halogens is 2. The van der Waals surface area contributed by atoms with Gasteiger partial charge in [-0.25, -0.2) is 9.37 Å². The molecule has 1 N–H and O–H groups in total. The summed E-state index contributed by atoms with van der Waals surface area (Å²) < 4.78 is 16.8. The van der Waals surface area contributed by atoms with Gasteiger partial charge in [-0.2, -0.15) is 0 Å². The number of benzene rings is 3. The fraction of sp³-hybridized carbons (Fsp3) is 0.160. The van der Waals surface area contributed by atoms with E-state index in [9.17, 15) is 9.50 Å². The summed E-state index contributed by atoms with van der Waals surface area (Å²) >= 11 is 3.20. The predicted molar refractivity (Wildman–Crippen MR) is 120 cm³/mol. The summed E-state index contributed by atoms with van der Waals surface area (Å²) in [6, 6.07) is 30.4. The van der Waals surface area contributed by atoms with Crippen LogP contribution in [0.1, 0.15) is 28.6 Å². The Kier molecular flexibility index (Phi) is 6.11. The summed E-state index contributed by atoms with van der Waals surface area (Å²) in [5.41, 5.74) is 2.67. The van der Waals surface area contributed by atoms with E-state index in [1.807, 2.05) is 59.2 Å². The molecule has 3 nitrogen and oxygen atoms in total. The van der Waals surface area contributed by atoms with Crippen molar-refractivity contribution in [3.63, 3.8) is 0 Å². The Morgan fingerprint density at radius 3 is 1.67 bits per heavy atom. The molecular weight excluding hydrogens is 443 g/mol. The second-order valence-corrected chi connectivity index (χ2v) is 8.29. The van der Waals surface area contributed by atoms with Crippen LogP contribution in [-0.2, 0) is 5.54 Å². The topological polar surface area (TPSA) is 38.0 Å². The van der Waals surface area contributed by atoms with Gasteiger partial charge < -0.3 is 9.67 Å². The van der Waals surface area contributed by atoms with Gasteiger partial charge in [-0.3, -0.25) is 0 Å². The molecule has 0 radical (unpaired) electrons. The number of aliphatic hydroxyl groups is 1. The first kappa shape index (κ1) is 20.5. The van der Waals surface area contributed by atoms with Crippen LogP contribution in [-0.4, -0.2) is 26.1 Å². The van der Waals surface area contributed by atoms with E-state index in [0.29, 0.717) is 0 Å². The van der Waals surface area contributed by atoms with E-state index in [0.717, 1.165) is 16.7 Å². The highest BCUT2D eigenvalue weighted by molar-refractivity contribution is 9.09. The van der Waals surface area contributed by atoms with E-state index in [4.69, 9.17) is 0 Å². The predicted octanol–water partition coefficient (Wildman–Crippen LogP) is 5.49. The molecule has 0 aliphatic rings. The zero-order valence-electron chi connectivity index (χ0n) is 16.3. The lowest BCUT2D eigenvalue weighted by molar-refractivity contribution is 0.231. The van der Waals surface area contributed by atoms with Gasteiger partial charge in [0.2, 0.25) is 0 Å². The van der Waals surface area contributed by atoms with Gasteiger partial charge in [0, 0.05) is 6.20 Å². The van der Waals surface area contributed by atoms with Crippen LogP contribution in [0.5, 0.6) is 0 Å². The molecule has 0 saturated carbocycles. The molecule has 0 fully saturated rings.